The lowest BCUT2D eigenvalue weighted by molar-refractivity contribution is 0.0299. The fraction of sp³-hybridized carbons (Fsp3) is 0.647. The predicted molar refractivity (Wildman–Crippen MR) is 93.0 cm³/mol. The highest BCUT2D eigenvalue weighted by Crippen LogP contribution is 2.32. The van der Waals surface area contributed by atoms with Crippen molar-refractivity contribution in [3.8, 4) is 0 Å². The van der Waals surface area contributed by atoms with Gasteiger partial charge in [0, 0.05) is 17.1 Å². The number of hydrogen-bond donors (Lipinski definition) is 1. The minimum absolute atomic E-state index is 0.245. The Morgan fingerprint density at radius 3 is 2.81 bits per heavy atom. The van der Waals surface area contributed by atoms with Gasteiger partial charge in [-0.25, -0.2) is 0 Å². The zero-order valence-corrected chi connectivity index (χ0v) is 14.9. The predicted octanol–water partition coefficient (Wildman–Crippen LogP) is 3.73. The van der Waals surface area contributed by atoms with Crippen LogP contribution < -0.4 is 10.6 Å². The van der Waals surface area contributed by atoms with Crippen molar-refractivity contribution in [3.63, 3.8) is 0 Å². The van der Waals surface area contributed by atoms with Gasteiger partial charge in [0.15, 0.2) is 0 Å². The molecule has 2 rings (SSSR count). The summed E-state index contributed by atoms with van der Waals surface area (Å²) < 4.78 is 6.95. The quantitative estimate of drug-likeness (QED) is 0.875. The molecule has 3 atom stereocenters. The first-order chi connectivity index (χ1) is 10.0. The van der Waals surface area contributed by atoms with Crippen LogP contribution >= 0.6 is 15.9 Å². The lowest BCUT2D eigenvalue weighted by atomic mass is 10.0. The second-order valence-electron chi connectivity index (χ2n) is 6.02. The first kappa shape index (κ1) is 16.8. The number of ether oxygens (including phenoxy) is 1. The van der Waals surface area contributed by atoms with Gasteiger partial charge in [0.25, 0.3) is 0 Å². The van der Waals surface area contributed by atoms with Gasteiger partial charge < -0.3 is 15.4 Å². The summed E-state index contributed by atoms with van der Waals surface area (Å²) in [4.78, 5) is 2.47. The first-order valence-corrected chi connectivity index (χ1v) is 8.76. The normalized spacial score (nSPS) is 24.1. The number of hydrogen-bond acceptors (Lipinski definition) is 3. The molecule has 0 saturated carbocycles. The van der Waals surface area contributed by atoms with Crippen molar-refractivity contribution < 1.29 is 4.74 Å². The molecule has 3 nitrogen and oxygen atoms in total. The number of rotatable bonds is 5. The van der Waals surface area contributed by atoms with Gasteiger partial charge in [-0.3, -0.25) is 0 Å². The Kier molecular flexibility index (Phi) is 6.08. The van der Waals surface area contributed by atoms with Crippen LogP contribution in [0.3, 0.4) is 0 Å². The van der Waals surface area contributed by atoms with E-state index in [-0.39, 0.29) is 12.1 Å². The van der Waals surface area contributed by atoms with Crippen LogP contribution in [-0.2, 0) is 11.2 Å². The zero-order chi connectivity index (χ0) is 15.4. The third-order valence-electron chi connectivity index (χ3n) is 4.28. The molecule has 3 unspecified atom stereocenters. The van der Waals surface area contributed by atoms with Crippen molar-refractivity contribution >= 4 is 21.6 Å². The summed E-state index contributed by atoms with van der Waals surface area (Å²) in [7, 11) is 0. The molecule has 2 N–H and O–H groups in total. The number of nitrogens with two attached hydrogens (primary N) is 1. The lowest BCUT2D eigenvalue weighted by Gasteiger charge is -2.40. The van der Waals surface area contributed by atoms with Gasteiger partial charge in [0.05, 0.1) is 24.4 Å². The van der Waals surface area contributed by atoms with Crippen molar-refractivity contribution in [2.24, 2.45) is 5.73 Å². The van der Waals surface area contributed by atoms with Crippen molar-refractivity contribution in [3.05, 3.63) is 28.2 Å². The van der Waals surface area contributed by atoms with Gasteiger partial charge in [-0.2, -0.15) is 0 Å². The lowest BCUT2D eigenvalue weighted by Crippen LogP contribution is -2.48. The summed E-state index contributed by atoms with van der Waals surface area (Å²) in [6, 6.07) is 7.36. The second-order valence-corrected chi connectivity index (χ2v) is 6.87. The van der Waals surface area contributed by atoms with Gasteiger partial charge >= 0.3 is 0 Å². The van der Waals surface area contributed by atoms with E-state index in [1.165, 1.54) is 11.3 Å². The van der Waals surface area contributed by atoms with Crippen LogP contribution in [0, 0.1) is 0 Å². The fourth-order valence-corrected chi connectivity index (χ4v) is 3.49. The molecule has 1 aliphatic heterocycles. The van der Waals surface area contributed by atoms with Crippen molar-refractivity contribution in [1.82, 2.24) is 0 Å². The maximum atomic E-state index is 6.06. The SMILES string of the molecule is CCC(N)Cc1ccc(N2CC(C)OCC2CC)c(Br)c1. The molecule has 118 valence electrons. The third-order valence-corrected chi connectivity index (χ3v) is 4.92. The molecule has 21 heavy (non-hydrogen) atoms. The number of morpholine rings is 1. The molecule has 4 heteroatoms. The highest BCUT2D eigenvalue weighted by atomic mass is 79.9. The molecule has 1 aromatic carbocycles. The van der Waals surface area contributed by atoms with E-state index < -0.39 is 0 Å². The van der Waals surface area contributed by atoms with Crippen molar-refractivity contribution in [2.45, 2.75) is 58.2 Å². The Balaban J connectivity index is 2.18. The summed E-state index contributed by atoms with van der Waals surface area (Å²) in [5, 5.41) is 0. The van der Waals surface area contributed by atoms with Crippen molar-refractivity contribution in [1.29, 1.82) is 0 Å². The molecule has 0 radical (unpaired) electrons. The fourth-order valence-electron chi connectivity index (χ4n) is 2.83. The Morgan fingerprint density at radius 2 is 2.19 bits per heavy atom. The summed E-state index contributed by atoms with van der Waals surface area (Å²) in [6.45, 7) is 8.26. The van der Waals surface area contributed by atoms with E-state index in [0.29, 0.717) is 6.04 Å². The number of nitrogens with zero attached hydrogens (tertiary/aromatic N) is 1. The third kappa shape index (κ3) is 4.21. The molecular weight excluding hydrogens is 328 g/mol. The molecule has 1 aliphatic rings. The van der Waals surface area contributed by atoms with E-state index in [2.05, 4.69) is 59.8 Å². The number of halogens is 1. The zero-order valence-electron chi connectivity index (χ0n) is 13.3. The van der Waals surface area contributed by atoms with E-state index in [9.17, 15) is 0 Å². The van der Waals surface area contributed by atoms with Crippen LogP contribution in [0.4, 0.5) is 5.69 Å². The minimum atomic E-state index is 0.245. The molecule has 1 saturated heterocycles. The van der Waals surface area contributed by atoms with Crippen LogP contribution in [0.15, 0.2) is 22.7 Å². The van der Waals surface area contributed by atoms with Crippen LogP contribution in [0.25, 0.3) is 0 Å². The number of benzene rings is 1. The monoisotopic (exact) mass is 354 g/mol. The molecule has 1 fully saturated rings. The van der Waals surface area contributed by atoms with Gasteiger partial charge in [-0.15, -0.1) is 0 Å². The van der Waals surface area contributed by atoms with Crippen LogP contribution in [0.1, 0.15) is 39.2 Å². The van der Waals surface area contributed by atoms with Gasteiger partial charge in [-0.1, -0.05) is 19.9 Å². The molecule has 0 spiro atoms. The Labute approximate surface area is 137 Å². The topological polar surface area (TPSA) is 38.5 Å². The molecule has 0 bridgehead atoms. The molecule has 0 aromatic heterocycles. The highest BCUT2D eigenvalue weighted by Gasteiger charge is 2.26. The average molecular weight is 355 g/mol. The number of anilines is 1. The highest BCUT2D eigenvalue weighted by molar-refractivity contribution is 9.10. The maximum Gasteiger partial charge on any atom is 0.0723 e. The minimum Gasteiger partial charge on any atom is -0.375 e. The van der Waals surface area contributed by atoms with E-state index in [4.69, 9.17) is 10.5 Å². The molecule has 0 aliphatic carbocycles. The van der Waals surface area contributed by atoms with Crippen LogP contribution in [0.5, 0.6) is 0 Å². The smallest absolute Gasteiger partial charge is 0.0723 e. The van der Waals surface area contributed by atoms with E-state index in [0.717, 1.165) is 36.9 Å². The van der Waals surface area contributed by atoms with Gasteiger partial charge in [0.2, 0.25) is 0 Å². The van der Waals surface area contributed by atoms with Gasteiger partial charge in [-0.05, 0) is 59.8 Å². The van der Waals surface area contributed by atoms with E-state index in [1.807, 2.05) is 0 Å². The molecule has 1 heterocycles. The average Bonchev–Trinajstić information content (AvgIpc) is 2.47. The van der Waals surface area contributed by atoms with E-state index >= 15 is 0 Å². The van der Waals surface area contributed by atoms with Gasteiger partial charge in [0.1, 0.15) is 0 Å². The van der Waals surface area contributed by atoms with Crippen LogP contribution in [-0.4, -0.2) is 31.3 Å². The first-order valence-electron chi connectivity index (χ1n) is 7.97. The Hall–Kier alpha value is -0.580. The molecule has 1 aromatic rings. The largest absolute Gasteiger partial charge is 0.375 e. The Bertz CT molecular complexity index is 466. The maximum absolute atomic E-state index is 6.06. The summed E-state index contributed by atoms with van der Waals surface area (Å²) in [5.41, 5.74) is 8.63. The second kappa shape index (κ2) is 7.61. The molecular formula is C17H27BrN2O. The standard InChI is InChI=1S/C17H27BrN2O/c1-4-14(19)8-13-6-7-17(16(18)9-13)20-10-12(3)21-11-15(20)5-2/h6-7,9,12,14-15H,4-5,8,10-11,19H2,1-3H3. The van der Waals surface area contributed by atoms with E-state index in [1.54, 1.807) is 0 Å². The Morgan fingerprint density at radius 1 is 1.43 bits per heavy atom. The van der Waals surface area contributed by atoms with Crippen molar-refractivity contribution in [2.75, 3.05) is 18.1 Å². The summed E-state index contributed by atoms with van der Waals surface area (Å²) >= 11 is 3.75. The van der Waals surface area contributed by atoms with Crippen LogP contribution in [0.2, 0.25) is 0 Å². The molecule has 0 amide bonds. The summed E-state index contributed by atoms with van der Waals surface area (Å²) in [6.07, 6.45) is 3.33. The summed E-state index contributed by atoms with van der Waals surface area (Å²) in [5.74, 6) is 0.